The Labute approximate surface area is 70.2 Å². The number of halogens is 1. The summed E-state index contributed by atoms with van der Waals surface area (Å²) >= 11 is 0. The second-order valence-corrected chi connectivity index (χ2v) is 4.62. The Morgan fingerprint density at radius 2 is 2.09 bits per heavy atom. The SMILES string of the molecule is Bc1ccc(S(=O)(=O)Cl)nc1. The van der Waals surface area contributed by atoms with Crippen molar-refractivity contribution in [3.8, 4) is 0 Å². The molecule has 0 aromatic carbocycles. The van der Waals surface area contributed by atoms with Crippen molar-refractivity contribution in [2.75, 3.05) is 0 Å². The number of nitrogens with zero attached hydrogens (tertiary/aromatic N) is 1. The molecule has 3 nitrogen and oxygen atoms in total. The summed E-state index contributed by atoms with van der Waals surface area (Å²) in [4.78, 5) is 3.63. The highest BCUT2D eigenvalue weighted by Crippen LogP contribution is 2.08. The van der Waals surface area contributed by atoms with Gasteiger partial charge in [0.2, 0.25) is 0 Å². The van der Waals surface area contributed by atoms with Crippen molar-refractivity contribution in [3.63, 3.8) is 0 Å². The van der Waals surface area contributed by atoms with Gasteiger partial charge in [-0.1, -0.05) is 11.5 Å². The van der Waals surface area contributed by atoms with Crippen LogP contribution in [0.4, 0.5) is 0 Å². The summed E-state index contributed by atoms with van der Waals surface area (Å²) in [7, 11) is 3.18. The molecule has 0 saturated carbocycles. The molecule has 0 bridgehead atoms. The maximum absolute atomic E-state index is 10.6. The first-order chi connectivity index (χ1) is 5.00. The summed E-state index contributed by atoms with van der Waals surface area (Å²) in [6.45, 7) is 0. The van der Waals surface area contributed by atoms with Crippen LogP contribution < -0.4 is 5.46 Å². The van der Waals surface area contributed by atoms with Crippen molar-refractivity contribution in [1.29, 1.82) is 0 Å². The minimum Gasteiger partial charge on any atom is -0.244 e. The fraction of sp³-hybridized carbons (Fsp3) is 0. The first-order valence-corrected chi connectivity index (χ1v) is 5.18. The van der Waals surface area contributed by atoms with E-state index in [0.29, 0.717) is 0 Å². The molecule has 0 saturated heterocycles. The highest BCUT2D eigenvalue weighted by atomic mass is 35.7. The largest absolute Gasteiger partial charge is 0.278 e. The molecule has 0 atom stereocenters. The smallest absolute Gasteiger partial charge is 0.244 e. The van der Waals surface area contributed by atoms with E-state index in [1.165, 1.54) is 12.3 Å². The zero-order valence-corrected chi connectivity index (χ0v) is 7.35. The van der Waals surface area contributed by atoms with Crippen molar-refractivity contribution in [1.82, 2.24) is 4.98 Å². The number of aromatic nitrogens is 1. The van der Waals surface area contributed by atoms with Gasteiger partial charge in [-0.05, 0) is 6.07 Å². The average Bonchev–Trinajstić information content (AvgIpc) is 1.86. The van der Waals surface area contributed by atoms with Crippen molar-refractivity contribution in [3.05, 3.63) is 18.3 Å². The van der Waals surface area contributed by atoms with E-state index in [1.54, 1.807) is 6.07 Å². The third kappa shape index (κ3) is 2.20. The standard InChI is InChI=1S/C5H5BClNO2S/c6-4-1-2-5(8-3-4)11(7,9)10/h1-3H,6H2. The molecule has 1 aromatic rings. The minimum atomic E-state index is -3.66. The Balaban J connectivity index is 3.20. The number of hydrogen-bond acceptors (Lipinski definition) is 3. The van der Waals surface area contributed by atoms with E-state index < -0.39 is 9.05 Å². The molecular weight excluding hydrogens is 184 g/mol. The molecular formula is C5H5BClNO2S. The van der Waals surface area contributed by atoms with E-state index in [-0.39, 0.29) is 5.03 Å². The predicted octanol–water partition coefficient (Wildman–Crippen LogP) is -0.732. The molecule has 0 aliphatic heterocycles. The Hall–Kier alpha value is -0.545. The lowest BCUT2D eigenvalue weighted by Gasteiger charge is -1.93. The van der Waals surface area contributed by atoms with E-state index in [1.807, 2.05) is 7.85 Å². The highest BCUT2D eigenvalue weighted by Gasteiger charge is 2.09. The van der Waals surface area contributed by atoms with Gasteiger partial charge in [-0.15, -0.1) is 0 Å². The Bertz CT molecular complexity index is 347. The zero-order valence-electron chi connectivity index (χ0n) is 5.78. The van der Waals surface area contributed by atoms with Crippen LogP contribution in [0.5, 0.6) is 0 Å². The molecule has 0 amide bonds. The first kappa shape index (κ1) is 8.55. The second kappa shape index (κ2) is 2.83. The van der Waals surface area contributed by atoms with E-state index in [2.05, 4.69) is 4.98 Å². The van der Waals surface area contributed by atoms with Crippen LogP contribution in [0.3, 0.4) is 0 Å². The maximum Gasteiger partial charge on any atom is 0.278 e. The summed E-state index contributed by atoms with van der Waals surface area (Å²) in [6, 6.07) is 3.01. The number of rotatable bonds is 1. The maximum atomic E-state index is 10.6. The topological polar surface area (TPSA) is 47.0 Å². The van der Waals surface area contributed by atoms with E-state index >= 15 is 0 Å². The molecule has 6 heteroatoms. The van der Waals surface area contributed by atoms with Gasteiger partial charge in [0, 0.05) is 16.9 Å². The molecule has 58 valence electrons. The van der Waals surface area contributed by atoms with Gasteiger partial charge in [-0.2, -0.15) is 0 Å². The molecule has 11 heavy (non-hydrogen) atoms. The Morgan fingerprint density at radius 3 is 2.45 bits per heavy atom. The lowest BCUT2D eigenvalue weighted by atomic mass is 9.99. The van der Waals surface area contributed by atoms with Gasteiger partial charge in [-0.25, -0.2) is 13.4 Å². The summed E-state index contributed by atoms with van der Waals surface area (Å²) in [5.41, 5.74) is 0.897. The van der Waals surface area contributed by atoms with E-state index in [4.69, 9.17) is 10.7 Å². The molecule has 0 aliphatic rings. The fourth-order valence-corrected chi connectivity index (χ4v) is 1.28. The van der Waals surface area contributed by atoms with Gasteiger partial charge in [0.05, 0.1) is 0 Å². The van der Waals surface area contributed by atoms with Crippen LogP contribution in [-0.2, 0) is 9.05 Å². The van der Waals surface area contributed by atoms with Gasteiger partial charge in [0.25, 0.3) is 9.05 Å². The molecule has 0 radical (unpaired) electrons. The van der Waals surface area contributed by atoms with Crippen LogP contribution in [0.1, 0.15) is 0 Å². The summed E-state index contributed by atoms with van der Waals surface area (Å²) in [6.07, 6.45) is 1.45. The van der Waals surface area contributed by atoms with Gasteiger partial charge in [0.15, 0.2) is 5.03 Å². The molecule has 1 aromatic heterocycles. The normalized spacial score (nSPS) is 11.4. The zero-order chi connectivity index (χ0) is 8.48. The number of pyridine rings is 1. The Morgan fingerprint density at radius 1 is 1.45 bits per heavy atom. The van der Waals surface area contributed by atoms with Crippen LogP contribution in [0.25, 0.3) is 0 Å². The van der Waals surface area contributed by atoms with Crippen LogP contribution in [0, 0.1) is 0 Å². The van der Waals surface area contributed by atoms with Crippen LogP contribution in [-0.4, -0.2) is 21.2 Å². The second-order valence-electron chi connectivity index (χ2n) is 2.11. The summed E-state index contributed by atoms with van der Waals surface area (Å²) in [5.74, 6) is 0. The monoisotopic (exact) mass is 189 g/mol. The summed E-state index contributed by atoms with van der Waals surface area (Å²) < 4.78 is 21.3. The van der Waals surface area contributed by atoms with Gasteiger partial charge < -0.3 is 0 Å². The Kier molecular flexibility index (Phi) is 2.20. The molecule has 0 fully saturated rings. The van der Waals surface area contributed by atoms with Gasteiger partial charge in [-0.3, -0.25) is 0 Å². The third-order valence-corrected chi connectivity index (χ3v) is 2.35. The van der Waals surface area contributed by atoms with Crippen LogP contribution in [0.15, 0.2) is 23.4 Å². The fourth-order valence-electron chi connectivity index (χ4n) is 0.598. The molecule has 1 rings (SSSR count). The van der Waals surface area contributed by atoms with E-state index in [0.717, 1.165) is 5.46 Å². The molecule has 0 N–H and O–H groups in total. The van der Waals surface area contributed by atoms with Gasteiger partial charge >= 0.3 is 0 Å². The van der Waals surface area contributed by atoms with Crippen molar-refractivity contribution < 1.29 is 8.42 Å². The minimum absolute atomic E-state index is 0.107. The van der Waals surface area contributed by atoms with Crippen molar-refractivity contribution >= 4 is 33.0 Å². The quantitative estimate of drug-likeness (QED) is 0.432. The lowest BCUT2D eigenvalue weighted by Crippen LogP contribution is -2.04. The molecule has 0 spiro atoms. The van der Waals surface area contributed by atoms with Crippen molar-refractivity contribution in [2.45, 2.75) is 5.03 Å². The van der Waals surface area contributed by atoms with Crippen LogP contribution in [0.2, 0.25) is 0 Å². The lowest BCUT2D eigenvalue weighted by molar-refractivity contribution is 0.606. The first-order valence-electron chi connectivity index (χ1n) is 2.87. The van der Waals surface area contributed by atoms with Crippen molar-refractivity contribution in [2.24, 2.45) is 0 Å². The van der Waals surface area contributed by atoms with E-state index in [9.17, 15) is 8.42 Å². The highest BCUT2D eigenvalue weighted by molar-refractivity contribution is 8.13. The third-order valence-electron chi connectivity index (χ3n) is 1.13. The predicted molar refractivity (Wildman–Crippen MR) is 45.5 cm³/mol. The summed E-state index contributed by atoms with van der Waals surface area (Å²) in [5, 5.41) is -0.107. The number of hydrogen-bond donors (Lipinski definition) is 0. The molecule has 1 heterocycles. The molecule has 0 unspecified atom stereocenters. The van der Waals surface area contributed by atoms with Crippen LogP contribution >= 0.6 is 10.7 Å². The van der Waals surface area contributed by atoms with Gasteiger partial charge in [0.1, 0.15) is 7.85 Å². The average molecular weight is 189 g/mol. The molecule has 0 aliphatic carbocycles.